The lowest BCUT2D eigenvalue weighted by Gasteiger charge is -2.10. The van der Waals surface area contributed by atoms with Crippen LogP contribution < -0.4 is 14.9 Å². The van der Waals surface area contributed by atoms with E-state index in [1.54, 1.807) is 6.21 Å². The van der Waals surface area contributed by atoms with Gasteiger partial charge >= 0.3 is 0 Å². The lowest BCUT2D eigenvalue weighted by molar-refractivity contribution is 0.299. The third-order valence-corrected chi connectivity index (χ3v) is 3.35. The van der Waals surface area contributed by atoms with Gasteiger partial charge in [0.05, 0.1) is 23.9 Å². The number of para-hydroxylation sites is 2. The van der Waals surface area contributed by atoms with Crippen molar-refractivity contribution >= 4 is 23.2 Å². The van der Waals surface area contributed by atoms with Crippen LogP contribution in [-0.2, 0) is 0 Å². The number of ether oxygens (including phenoxy) is 2. The lowest BCUT2D eigenvalue weighted by atomic mass is 10.2. The maximum atomic E-state index is 5.59. The van der Waals surface area contributed by atoms with Crippen molar-refractivity contribution in [2.75, 3.05) is 18.6 Å². The van der Waals surface area contributed by atoms with Crippen LogP contribution in [0.2, 0.25) is 0 Å². The van der Waals surface area contributed by atoms with Crippen molar-refractivity contribution in [1.82, 2.24) is 9.97 Å². The van der Waals surface area contributed by atoms with Crippen LogP contribution in [0.1, 0.15) is 12.5 Å². The molecule has 2 N–H and O–H groups in total. The monoisotopic (exact) mass is 334 g/mol. The summed E-state index contributed by atoms with van der Waals surface area (Å²) in [6.45, 7) is 2.64. The van der Waals surface area contributed by atoms with Crippen LogP contribution >= 0.6 is 0 Å². The van der Waals surface area contributed by atoms with Crippen LogP contribution in [-0.4, -0.2) is 29.4 Å². The summed E-state index contributed by atoms with van der Waals surface area (Å²) >= 11 is 0. The summed E-state index contributed by atoms with van der Waals surface area (Å²) < 4.78 is 11.1. The van der Waals surface area contributed by atoms with Crippen molar-refractivity contribution < 1.29 is 9.47 Å². The molecule has 0 fully saturated rings. The molecule has 25 heavy (non-hydrogen) atoms. The number of aromatic nitrogens is 2. The molecule has 1 heterocycles. The highest BCUT2D eigenvalue weighted by Crippen LogP contribution is 2.28. The molecule has 0 unspecified atom stereocenters. The van der Waals surface area contributed by atoms with Gasteiger partial charge in [-0.15, -0.1) is 6.42 Å². The highest BCUT2D eigenvalue weighted by Gasteiger charge is 2.05. The zero-order valence-corrected chi connectivity index (χ0v) is 13.8. The molecule has 0 aliphatic rings. The Kier molecular flexibility index (Phi) is 5.17. The summed E-state index contributed by atoms with van der Waals surface area (Å²) in [6.07, 6.45) is 6.91. The summed E-state index contributed by atoms with van der Waals surface area (Å²) in [6, 6.07) is 13.3. The topological polar surface area (TPSA) is 71.5 Å². The van der Waals surface area contributed by atoms with E-state index in [9.17, 15) is 0 Å². The van der Waals surface area contributed by atoms with E-state index in [0.717, 1.165) is 16.6 Å². The highest BCUT2D eigenvalue weighted by molar-refractivity contribution is 5.82. The number of terminal acetylenes is 1. The van der Waals surface area contributed by atoms with E-state index in [1.165, 1.54) is 0 Å². The molecule has 2 aromatic carbocycles. The number of H-pyrrole nitrogens is 1. The molecule has 3 rings (SSSR count). The van der Waals surface area contributed by atoms with Gasteiger partial charge in [-0.1, -0.05) is 18.1 Å². The number of hydrogen-bond donors (Lipinski definition) is 2. The van der Waals surface area contributed by atoms with Crippen molar-refractivity contribution in [2.24, 2.45) is 5.10 Å². The first kappa shape index (κ1) is 16.4. The van der Waals surface area contributed by atoms with Crippen molar-refractivity contribution in [3.8, 4) is 23.8 Å². The van der Waals surface area contributed by atoms with Gasteiger partial charge in [0.15, 0.2) is 11.5 Å². The van der Waals surface area contributed by atoms with Gasteiger partial charge in [0.2, 0.25) is 5.95 Å². The van der Waals surface area contributed by atoms with Gasteiger partial charge in [-0.25, -0.2) is 10.4 Å². The maximum Gasteiger partial charge on any atom is 0.222 e. The number of aromatic amines is 1. The molecule has 3 aromatic rings. The van der Waals surface area contributed by atoms with E-state index in [2.05, 4.69) is 26.4 Å². The number of benzene rings is 2. The Labute approximate surface area is 145 Å². The second-order valence-corrected chi connectivity index (χ2v) is 5.10. The fourth-order valence-electron chi connectivity index (χ4n) is 2.29. The molecule has 1 aromatic heterocycles. The number of imidazole rings is 1. The zero-order chi connectivity index (χ0) is 17.5. The summed E-state index contributed by atoms with van der Waals surface area (Å²) in [7, 11) is 0. The van der Waals surface area contributed by atoms with Gasteiger partial charge in [0.1, 0.15) is 6.61 Å². The third-order valence-electron chi connectivity index (χ3n) is 3.35. The number of hydrazone groups is 1. The minimum atomic E-state index is 0.196. The summed E-state index contributed by atoms with van der Waals surface area (Å²) in [4.78, 5) is 7.54. The van der Waals surface area contributed by atoms with Gasteiger partial charge in [-0.05, 0) is 42.8 Å². The Hall–Kier alpha value is -3.46. The summed E-state index contributed by atoms with van der Waals surface area (Å²) in [5.74, 6) is 4.26. The average molecular weight is 334 g/mol. The molecular weight excluding hydrogens is 316 g/mol. The molecule has 0 bridgehead atoms. The quantitative estimate of drug-likeness (QED) is 0.394. The second kappa shape index (κ2) is 7.88. The van der Waals surface area contributed by atoms with Crippen molar-refractivity contribution in [3.63, 3.8) is 0 Å². The van der Waals surface area contributed by atoms with Gasteiger partial charge in [0.25, 0.3) is 0 Å². The van der Waals surface area contributed by atoms with Crippen molar-refractivity contribution in [1.29, 1.82) is 0 Å². The molecule has 126 valence electrons. The second-order valence-electron chi connectivity index (χ2n) is 5.10. The van der Waals surface area contributed by atoms with Crippen LogP contribution in [0.4, 0.5) is 5.95 Å². The molecular formula is C19H18N4O2. The summed E-state index contributed by atoms with van der Waals surface area (Å²) in [5, 5.41) is 4.20. The molecule has 0 radical (unpaired) electrons. The van der Waals surface area contributed by atoms with Crippen LogP contribution in [0.15, 0.2) is 47.6 Å². The van der Waals surface area contributed by atoms with Crippen molar-refractivity contribution in [2.45, 2.75) is 6.92 Å². The Morgan fingerprint density at radius 3 is 2.92 bits per heavy atom. The standard InChI is InChI=1S/C19H18N4O2/c1-3-11-25-17-10-9-14(12-18(17)24-4-2)13-20-23-19-21-15-7-5-6-8-16(15)22-19/h1,5-10,12-13H,4,11H2,2H3,(H2,21,22,23)/b20-13-. The van der Waals surface area contributed by atoms with E-state index in [4.69, 9.17) is 15.9 Å². The van der Waals surface area contributed by atoms with E-state index >= 15 is 0 Å². The predicted octanol–water partition coefficient (Wildman–Crippen LogP) is 3.42. The first-order chi connectivity index (χ1) is 12.3. The van der Waals surface area contributed by atoms with Gasteiger partial charge in [-0.2, -0.15) is 5.10 Å². The van der Waals surface area contributed by atoms with E-state index in [0.29, 0.717) is 24.1 Å². The SMILES string of the molecule is C#CCOc1ccc(/C=N\Nc2nc3ccccc3[nH]2)cc1OCC. The number of rotatable bonds is 7. The van der Waals surface area contributed by atoms with E-state index in [-0.39, 0.29) is 6.61 Å². The number of nitrogens with zero attached hydrogens (tertiary/aromatic N) is 2. The van der Waals surface area contributed by atoms with Crippen LogP contribution in [0, 0.1) is 12.3 Å². The Morgan fingerprint density at radius 2 is 2.12 bits per heavy atom. The van der Waals surface area contributed by atoms with Crippen LogP contribution in [0.3, 0.4) is 0 Å². The first-order valence-corrected chi connectivity index (χ1v) is 7.87. The van der Waals surface area contributed by atoms with Crippen LogP contribution in [0.25, 0.3) is 11.0 Å². The predicted molar refractivity (Wildman–Crippen MR) is 99.2 cm³/mol. The maximum absolute atomic E-state index is 5.59. The normalized spacial score (nSPS) is 10.7. The van der Waals surface area contributed by atoms with E-state index < -0.39 is 0 Å². The Bertz CT molecular complexity index is 892. The fraction of sp³-hybridized carbons (Fsp3) is 0.158. The first-order valence-electron chi connectivity index (χ1n) is 7.87. The fourth-order valence-corrected chi connectivity index (χ4v) is 2.29. The largest absolute Gasteiger partial charge is 0.490 e. The highest BCUT2D eigenvalue weighted by atomic mass is 16.5. The Morgan fingerprint density at radius 1 is 1.24 bits per heavy atom. The number of fused-ring (bicyclic) bond motifs is 1. The number of anilines is 1. The minimum Gasteiger partial charge on any atom is -0.490 e. The molecule has 0 atom stereocenters. The molecule has 0 aliphatic carbocycles. The molecule has 0 amide bonds. The average Bonchev–Trinajstić information content (AvgIpc) is 3.04. The molecule has 0 aliphatic heterocycles. The third kappa shape index (κ3) is 4.09. The minimum absolute atomic E-state index is 0.196. The lowest BCUT2D eigenvalue weighted by Crippen LogP contribution is -2.00. The van der Waals surface area contributed by atoms with Gasteiger partial charge in [0, 0.05) is 0 Å². The van der Waals surface area contributed by atoms with Gasteiger partial charge < -0.3 is 14.5 Å². The van der Waals surface area contributed by atoms with Crippen molar-refractivity contribution in [3.05, 3.63) is 48.0 Å². The molecule has 6 heteroatoms. The van der Waals surface area contributed by atoms with Crippen LogP contribution in [0.5, 0.6) is 11.5 Å². The summed E-state index contributed by atoms with van der Waals surface area (Å²) in [5.41, 5.74) is 5.58. The molecule has 6 nitrogen and oxygen atoms in total. The smallest absolute Gasteiger partial charge is 0.222 e. The zero-order valence-electron chi connectivity index (χ0n) is 13.8. The molecule has 0 saturated heterocycles. The van der Waals surface area contributed by atoms with Gasteiger partial charge in [-0.3, -0.25) is 0 Å². The number of hydrogen-bond acceptors (Lipinski definition) is 5. The number of nitrogens with one attached hydrogen (secondary N) is 2. The Balaban J connectivity index is 1.71. The molecule has 0 saturated carbocycles. The molecule has 0 spiro atoms. The van der Waals surface area contributed by atoms with E-state index in [1.807, 2.05) is 49.4 Å².